The predicted octanol–water partition coefficient (Wildman–Crippen LogP) is 2.93. The molecule has 0 aromatic heterocycles. The smallest absolute Gasteiger partial charge is 0.264 e. The van der Waals surface area contributed by atoms with Crippen LogP contribution in [-0.4, -0.2) is 28.4 Å². The van der Waals surface area contributed by atoms with Gasteiger partial charge in [0.25, 0.3) is 10.1 Å². The summed E-state index contributed by atoms with van der Waals surface area (Å²) in [6.07, 6.45) is 1.06. The van der Waals surface area contributed by atoms with Crippen molar-refractivity contribution in [2.45, 2.75) is 12.8 Å². The lowest BCUT2D eigenvalue weighted by molar-refractivity contribution is 0.301. The van der Waals surface area contributed by atoms with Crippen LogP contribution in [0.5, 0.6) is 5.75 Å². The van der Waals surface area contributed by atoms with Gasteiger partial charge in [-0.2, -0.15) is 8.42 Å². The quantitative estimate of drug-likeness (QED) is 0.796. The highest BCUT2D eigenvalue weighted by molar-refractivity contribution is 7.85. The van der Waals surface area contributed by atoms with Crippen molar-refractivity contribution in [1.29, 1.82) is 0 Å². The molecule has 0 spiro atoms. The van der Waals surface area contributed by atoms with Gasteiger partial charge in [0.05, 0.1) is 20.0 Å². The summed E-state index contributed by atoms with van der Waals surface area (Å²) >= 11 is 0. The molecule has 2 rings (SSSR count). The van der Waals surface area contributed by atoms with E-state index in [1.54, 1.807) is 7.11 Å². The van der Waals surface area contributed by atoms with Gasteiger partial charge >= 0.3 is 0 Å². The molecule has 0 aliphatic rings. The molecule has 0 saturated carbocycles. The van der Waals surface area contributed by atoms with Crippen molar-refractivity contribution in [2.24, 2.45) is 0 Å². The molecule has 1 atom stereocenters. The van der Waals surface area contributed by atoms with Crippen molar-refractivity contribution < 1.29 is 17.3 Å². The Morgan fingerprint density at radius 3 is 2.45 bits per heavy atom. The summed E-state index contributed by atoms with van der Waals surface area (Å²) in [5.74, 6) is 0.801. The largest absolute Gasteiger partial charge is 0.497 e. The van der Waals surface area contributed by atoms with Gasteiger partial charge in [-0.05, 0) is 28.5 Å². The zero-order valence-corrected chi connectivity index (χ0v) is 12.6. The lowest BCUT2D eigenvalue weighted by atomic mass is 9.98. The van der Waals surface area contributed by atoms with E-state index in [9.17, 15) is 8.42 Å². The Kier molecular flexibility index (Phi) is 4.30. The third-order valence-corrected chi connectivity index (χ3v) is 3.74. The van der Waals surface area contributed by atoms with E-state index in [1.165, 1.54) is 0 Å². The molecule has 5 heteroatoms. The van der Waals surface area contributed by atoms with Gasteiger partial charge in [-0.3, -0.25) is 4.18 Å². The first kappa shape index (κ1) is 14.8. The molecule has 0 fully saturated rings. The third-order valence-electron chi connectivity index (χ3n) is 3.17. The molecule has 0 aliphatic heterocycles. The van der Waals surface area contributed by atoms with Gasteiger partial charge in [-0.25, -0.2) is 0 Å². The molecule has 0 aliphatic carbocycles. The van der Waals surface area contributed by atoms with Gasteiger partial charge < -0.3 is 4.74 Å². The predicted molar refractivity (Wildman–Crippen MR) is 79.7 cm³/mol. The van der Waals surface area contributed by atoms with E-state index in [0.29, 0.717) is 0 Å². The van der Waals surface area contributed by atoms with Crippen molar-refractivity contribution in [1.82, 2.24) is 0 Å². The Hall–Kier alpha value is -1.59. The van der Waals surface area contributed by atoms with Crippen LogP contribution in [0.2, 0.25) is 0 Å². The minimum atomic E-state index is -3.40. The lowest BCUT2D eigenvalue weighted by Crippen LogP contribution is -2.09. The summed E-state index contributed by atoms with van der Waals surface area (Å²) in [6.45, 7) is 2.08. The Balaban J connectivity index is 2.25. The van der Waals surface area contributed by atoms with E-state index in [0.717, 1.165) is 28.3 Å². The molecule has 0 heterocycles. The molecule has 108 valence electrons. The maximum atomic E-state index is 11.0. The normalized spacial score (nSPS) is 13.3. The fourth-order valence-electron chi connectivity index (χ4n) is 2.00. The topological polar surface area (TPSA) is 52.6 Å². The van der Waals surface area contributed by atoms with Crippen LogP contribution in [0.3, 0.4) is 0 Å². The van der Waals surface area contributed by atoms with Crippen molar-refractivity contribution in [3.05, 3.63) is 42.0 Å². The van der Waals surface area contributed by atoms with Gasteiger partial charge in [-0.1, -0.05) is 31.2 Å². The molecular formula is C15H18O4S. The van der Waals surface area contributed by atoms with Crippen LogP contribution in [0.25, 0.3) is 10.8 Å². The molecule has 1 unspecified atom stereocenters. The van der Waals surface area contributed by atoms with E-state index in [2.05, 4.69) is 0 Å². The maximum absolute atomic E-state index is 11.0. The van der Waals surface area contributed by atoms with Gasteiger partial charge in [-0.15, -0.1) is 0 Å². The van der Waals surface area contributed by atoms with E-state index in [1.807, 2.05) is 43.3 Å². The molecule has 2 aromatic rings. The van der Waals surface area contributed by atoms with Crippen LogP contribution < -0.4 is 4.74 Å². The summed E-state index contributed by atoms with van der Waals surface area (Å²) in [5, 5.41) is 2.18. The van der Waals surface area contributed by atoms with Crippen molar-refractivity contribution in [3.63, 3.8) is 0 Å². The highest BCUT2D eigenvalue weighted by Gasteiger charge is 2.10. The molecule has 0 amide bonds. The minimum Gasteiger partial charge on any atom is -0.497 e. The monoisotopic (exact) mass is 294 g/mol. The summed E-state index contributed by atoms with van der Waals surface area (Å²) in [6, 6.07) is 11.9. The van der Waals surface area contributed by atoms with E-state index >= 15 is 0 Å². The summed E-state index contributed by atoms with van der Waals surface area (Å²) in [4.78, 5) is 0. The van der Waals surface area contributed by atoms with Gasteiger partial charge in [0, 0.05) is 5.92 Å². The SMILES string of the molecule is COc1ccc2ccc(C(C)COS(C)(=O)=O)cc2c1. The molecular weight excluding hydrogens is 276 g/mol. The number of ether oxygens (including phenoxy) is 1. The van der Waals surface area contributed by atoms with Crippen LogP contribution in [0.4, 0.5) is 0 Å². The third kappa shape index (κ3) is 3.71. The lowest BCUT2D eigenvalue weighted by Gasteiger charge is -2.12. The van der Waals surface area contributed by atoms with Crippen molar-refractivity contribution in [2.75, 3.05) is 20.0 Å². The Morgan fingerprint density at radius 2 is 1.80 bits per heavy atom. The minimum absolute atomic E-state index is 0.000302. The zero-order chi connectivity index (χ0) is 14.8. The number of rotatable bonds is 5. The molecule has 0 N–H and O–H groups in total. The maximum Gasteiger partial charge on any atom is 0.264 e. The number of hydrogen-bond acceptors (Lipinski definition) is 4. The van der Waals surface area contributed by atoms with Gasteiger partial charge in [0.1, 0.15) is 5.75 Å². The zero-order valence-electron chi connectivity index (χ0n) is 11.8. The first-order chi connectivity index (χ1) is 9.39. The summed E-state index contributed by atoms with van der Waals surface area (Å²) in [5.41, 5.74) is 1.04. The first-order valence-electron chi connectivity index (χ1n) is 6.31. The fourth-order valence-corrected chi connectivity index (χ4v) is 2.45. The Morgan fingerprint density at radius 1 is 1.10 bits per heavy atom. The summed E-state index contributed by atoms with van der Waals surface area (Å²) < 4.78 is 32.1. The van der Waals surface area contributed by atoms with E-state index < -0.39 is 10.1 Å². The van der Waals surface area contributed by atoms with Gasteiger partial charge in [0.15, 0.2) is 0 Å². The fraction of sp³-hybridized carbons (Fsp3) is 0.333. The standard InChI is InChI=1S/C15H18O4S/c1-11(10-19-20(3,16)17)13-5-4-12-6-7-15(18-2)9-14(12)8-13/h4-9,11H,10H2,1-3H3. The van der Waals surface area contributed by atoms with Crippen LogP contribution in [-0.2, 0) is 14.3 Å². The van der Waals surface area contributed by atoms with Crippen molar-refractivity contribution in [3.8, 4) is 5.75 Å². The Bertz CT molecular complexity index is 707. The molecule has 0 bridgehead atoms. The molecule has 2 aromatic carbocycles. The van der Waals surface area contributed by atoms with Crippen LogP contribution in [0.15, 0.2) is 36.4 Å². The Labute approximate surface area is 119 Å². The van der Waals surface area contributed by atoms with E-state index in [-0.39, 0.29) is 12.5 Å². The van der Waals surface area contributed by atoms with Crippen LogP contribution in [0.1, 0.15) is 18.4 Å². The summed E-state index contributed by atoms with van der Waals surface area (Å²) in [7, 11) is -1.77. The molecule has 20 heavy (non-hydrogen) atoms. The second-order valence-electron chi connectivity index (χ2n) is 4.86. The highest BCUT2D eigenvalue weighted by Crippen LogP contribution is 2.25. The van der Waals surface area contributed by atoms with E-state index in [4.69, 9.17) is 8.92 Å². The number of benzene rings is 2. The van der Waals surface area contributed by atoms with Crippen LogP contribution >= 0.6 is 0 Å². The average Bonchev–Trinajstić information content (AvgIpc) is 2.42. The number of methoxy groups -OCH3 is 1. The average molecular weight is 294 g/mol. The van der Waals surface area contributed by atoms with Crippen molar-refractivity contribution >= 4 is 20.9 Å². The highest BCUT2D eigenvalue weighted by atomic mass is 32.2. The van der Waals surface area contributed by atoms with Crippen LogP contribution in [0, 0.1) is 0 Å². The molecule has 4 nitrogen and oxygen atoms in total. The first-order valence-corrected chi connectivity index (χ1v) is 8.13. The number of hydrogen-bond donors (Lipinski definition) is 0. The number of fused-ring (bicyclic) bond motifs is 1. The molecule has 0 radical (unpaired) electrons. The molecule has 0 saturated heterocycles. The second kappa shape index (κ2) is 5.81. The van der Waals surface area contributed by atoms with Gasteiger partial charge in [0.2, 0.25) is 0 Å². The second-order valence-corrected chi connectivity index (χ2v) is 6.51.